The van der Waals surface area contributed by atoms with Crippen LogP contribution in [0.5, 0.6) is 0 Å². The first-order valence-electron chi connectivity index (χ1n) is 6.77. The molecule has 0 spiro atoms. The van der Waals surface area contributed by atoms with E-state index in [0.717, 1.165) is 30.6 Å². The molecule has 1 heterocycles. The Morgan fingerprint density at radius 1 is 1.20 bits per heavy atom. The van der Waals surface area contributed by atoms with Crippen LogP contribution in [0.15, 0.2) is 47.1 Å². The number of pyridine rings is 1. The summed E-state index contributed by atoms with van der Waals surface area (Å²) in [5, 5.41) is 3.44. The molecule has 0 amide bonds. The minimum absolute atomic E-state index is 0.212. The van der Waals surface area contributed by atoms with E-state index in [1.165, 1.54) is 6.07 Å². The van der Waals surface area contributed by atoms with Crippen molar-refractivity contribution in [3.63, 3.8) is 0 Å². The van der Waals surface area contributed by atoms with Gasteiger partial charge < -0.3 is 5.32 Å². The number of aromatic nitrogens is 1. The summed E-state index contributed by atoms with van der Waals surface area (Å²) in [6.07, 6.45) is 3.40. The largest absolute Gasteiger partial charge is 0.314 e. The smallest absolute Gasteiger partial charge is 0.137 e. The lowest BCUT2D eigenvalue weighted by molar-refractivity contribution is 0.513. The van der Waals surface area contributed by atoms with Crippen LogP contribution in [0.25, 0.3) is 0 Å². The molecular weight excluding hydrogens is 319 g/mol. The Labute approximate surface area is 127 Å². The van der Waals surface area contributed by atoms with Crippen molar-refractivity contribution < 1.29 is 4.39 Å². The second-order valence-corrected chi connectivity index (χ2v) is 5.49. The number of benzene rings is 1. The quantitative estimate of drug-likeness (QED) is 0.868. The summed E-state index contributed by atoms with van der Waals surface area (Å²) in [6.45, 7) is 2.95. The molecule has 20 heavy (non-hydrogen) atoms. The predicted molar refractivity (Wildman–Crippen MR) is 83.2 cm³/mol. The van der Waals surface area contributed by atoms with Gasteiger partial charge in [0.1, 0.15) is 5.82 Å². The summed E-state index contributed by atoms with van der Waals surface area (Å²) in [5.41, 5.74) is 2.03. The Kier molecular flexibility index (Phi) is 5.68. The third-order valence-corrected chi connectivity index (χ3v) is 4.06. The normalized spacial score (nSPS) is 12.3. The Bertz CT molecular complexity index is 545. The highest BCUT2D eigenvalue weighted by Crippen LogP contribution is 2.22. The fourth-order valence-corrected chi connectivity index (χ4v) is 2.67. The van der Waals surface area contributed by atoms with E-state index in [4.69, 9.17) is 0 Å². The van der Waals surface area contributed by atoms with E-state index in [1.807, 2.05) is 24.3 Å². The minimum Gasteiger partial charge on any atom is -0.314 e. The highest BCUT2D eigenvalue weighted by Gasteiger charge is 2.13. The van der Waals surface area contributed by atoms with Gasteiger partial charge in [0.05, 0.1) is 4.47 Å². The lowest BCUT2D eigenvalue weighted by Gasteiger charge is -2.18. The van der Waals surface area contributed by atoms with Gasteiger partial charge in [-0.3, -0.25) is 4.98 Å². The average Bonchev–Trinajstić information content (AvgIpc) is 2.45. The average molecular weight is 337 g/mol. The summed E-state index contributed by atoms with van der Waals surface area (Å²) >= 11 is 3.33. The highest BCUT2D eigenvalue weighted by molar-refractivity contribution is 9.10. The van der Waals surface area contributed by atoms with Crippen LogP contribution in [0.4, 0.5) is 4.39 Å². The Morgan fingerprint density at radius 3 is 2.75 bits per heavy atom. The van der Waals surface area contributed by atoms with E-state index in [0.29, 0.717) is 4.47 Å². The van der Waals surface area contributed by atoms with Crippen LogP contribution in [0, 0.1) is 5.82 Å². The molecule has 0 bridgehead atoms. The van der Waals surface area contributed by atoms with Crippen LogP contribution in [0.2, 0.25) is 0 Å². The zero-order chi connectivity index (χ0) is 14.4. The van der Waals surface area contributed by atoms with E-state index in [-0.39, 0.29) is 11.9 Å². The van der Waals surface area contributed by atoms with Crippen LogP contribution >= 0.6 is 15.9 Å². The number of hydrogen-bond acceptors (Lipinski definition) is 2. The number of nitrogens with zero attached hydrogens (tertiary/aromatic N) is 1. The molecule has 1 N–H and O–H groups in total. The summed E-state index contributed by atoms with van der Waals surface area (Å²) < 4.78 is 14.1. The maximum atomic E-state index is 13.6. The van der Waals surface area contributed by atoms with Gasteiger partial charge in [0.25, 0.3) is 0 Å². The molecule has 2 aromatic rings. The summed E-state index contributed by atoms with van der Waals surface area (Å²) in [6, 6.07) is 11.3. The molecule has 0 saturated carbocycles. The van der Waals surface area contributed by atoms with Gasteiger partial charge in [0.2, 0.25) is 0 Å². The number of halogens is 2. The Balaban J connectivity index is 2.11. The standard InChI is InChI=1S/C16H18BrFN2/c1-2-19-14(11-13-7-3-4-9-20-13)10-12-6-5-8-15(18)16(12)17/h3-9,14,19H,2,10-11H2,1H3. The molecule has 0 saturated heterocycles. The maximum absolute atomic E-state index is 13.6. The molecule has 4 heteroatoms. The van der Waals surface area contributed by atoms with E-state index in [9.17, 15) is 4.39 Å². The number of hydrogen-bond donors (Lipinski definition) is 1. The lowest BCUT2D eigenvalue weighted by atomic mass is 10.0. The molecule has 0 radical (unpaired) electrons. The third kappa shape index (κ3) is 4.12. The van der Waals surface area contributed by atoms with Gasteiger partial charge in [-0.2, -0.15) is 0 Å². The zero-order valence-electron chi connectivity index (χ0n) is 11.4. The fraction of sp³-hybridized carbons (Fsp3) is 0.312. The molecular formula is C16H18BrFN2. The topological polar surface area (TPSA) is 24.9 Å². The van der Waals surface area contributed by atoms with Crippen LogP contribution in [-0.2, 0) is 12.8 Å². The monoisotopic (exact) mass is 336 g/mol. The first kappa shape index (κ1) is 15.1. The van der Waals surface area contributed by atoms with Crippen LogP contribution in [0.1, 0.15) is 18.2 Å². The number of nitrogens with one attached hydrogen (secondary N) is 1. The molecule has 0 aliphatic heterocycles. The zero-order valence-corrected chi connectivity index (χ0v) is 13.0. The van der Waals surface area contributed by atoms with Crippen LogP contribution in [0.3, 0.4) is 0 Å². The number of rotatable bonds is 6. The third-order valence-electron chi connectivity index (χ3n) is 3.17. The SMILES string of the molecule is CCNC(Cc1ccccn1)Cc1cccc(F)c1Br. The molecule has 2 nitrogen and oxygen atoms in total. The minimum atomic E-state index is -0.212. The lowest BCUT2D eigenvalue weighted by Crippen LogP contribution is -2.33. The van der Waals surface area contributed by atoms with Gasteiger partial charge in [-0.05, 0) is 52.7 Å². The summed E-state index contributed by atoms with van der Waals surface area (Å²) in [5.74, 6) is -0.212. The van der Waals surface area contributed by atoms with Gasteiger partial charge >= 0.3 is 0 Å². The van der Waals surface area contributed by atoms with Gasteiger partial charge in [-0.25, -0.2) is 4.39 Å². The highest BCUT2D eigenvalue weighted by atomic mass is 79.9. The molecule has 2 rings (SSSR count). The predicted octanol–water partition coefficient (Wildman–Crippen LogP) is 3.75. The first-order chi connectivity index (χ1) is 9.70. The second kappa shape index (κ2) is 7.50. The Morgan fingerprint density at radius 2 is 2.05 bits per heavy atom. The van der Waals surface area contributed by atoms with Crippen LogP contribution < -0.4 is 5.32 Å². The molecule has 1 aromatic heterocycles. The van der Waals surface area contributed by atoms with Crippen molar-refractivity contribution in [2.45, 2.75) is 25.8 Å². The maximum Gasteiger partial charge on any atom is 0.137 e. The molecule has 1 atom stereocenters. The van der Waals surface area contributed by atoms with Crippen molar-refractivity contribution in [2.75, 3.05) is 6.54 Å². The van der Waals surface area contributed by atoms with E-state index < -0.39 is 0 Å². The van der Waals surface area contributed by atoms with Crippen molar-refractivity contribution >= 4 is 15.9 Å². The summed E-state index contributed by atoms with van der Waals surface area (Å²) in [7, 11) is 0. The van der Waals surface area contributed by atoms with Crippen molar-refractivity contribution in [1.29, 1.82) is 0 Å². The van der Waals surface area contributed by atoms with Crippen molar-refractivity contribution in [1.82, 2.24) is 10.3 Å². The van der Waals surface area contributed by atoms with Gasteiger partial charge in [0.15, 0.2) is 0 Å². The molecule has 106 valence electrons. The molecule has 0 aliphatic rings. The molecule has 0 fully saturated rings. The molecule has 0 aliphatic carbocycles. The van der Waals surface area contributed by atoms with E-state index >= 15 is 0 Å². The molecule has 1 unspecified atom stereocenters. The Hall–Kier alpha value is -1.26. The first-order valence-corrected chi connectivity index (χ1v) is 7.56. The van der Waals surface area contributed by atoms with Crippen molar-refractivity contribution in [3.05, 3.63) is 64.1 Å². The van der Waals surface area contributed by atoms with Gasteiger partial charge in [-0.15, -0.1) is 0 Å². The van der Waals surface area contributed by atoms with Gasteiger partial charge in [0, 0.05) is 24.4 Å². The molecule has 1 aromatic carbocycles. The fourth-order valence-electron chi connectivity index (χ4n) is 2.25. The van der Waals surface area contributed by atoms with E-state index in [2.05, 4.69) is 33.2 Å². The van der Waals surface area contributed by atoms with Crippen LogP contribution in [-0.4, -0.2) is 17.6 Å². The van der Waals surface area contributed by atoms with Crippen molar-refractivity contribution in [3.8, 4) is 0 Å². The number of likely N-dealkylation sites (N-methyl/N-ethyl adjacent to an activating group) is 1. The second-order valence-electron chi connectivity index (χ2n) is 4.70. The summed E-state index contributed by atoms with van der Waals surface area (Å²) in [4.78, 5) is 4.36. The van der Waals surface area contributed by atoms with Crippen molar-refractivity contribution in [2.24, 2.45) is 0 Å². The van der Waals surface area contributed by atoms with Gasteiger partial charge in [-0.1, -0.05) is 25.1 Å². The van der Waals surface area contributed by atoms with E-state index in [1.54, 1.807) is 12.3 Å².